The van der Waals surface area contributed by atoms with Crippen molar-refractivity contribution in [2.45, 2.75) is 40.0 Å². The molecular formula is C18H27NO3S. The number of piperidine rings is 1. The third-order valence-corrected chi connectivity index (χ3v) is 5.45. The third-order valence-electron chi connectivity index (χ3n) is 3.43. The Hall–Kier alpha value is -1.59. The third kappa shape index (κ3) is 6.59. The van der Waals surface area contributed by atoms with Crippen molar-refractivity contribution >= 4 is 10.0 Å². The molecule has 128 valence electrons. The molecule has 1 fully saturated rings. The molecule has 1 aromatic heterocycles. The van der Waals surface area contributed by atoms with Crippen LogP contribution < -0.4 is 0 Å². The molecule has 0 N–H and O–H groups in total. The summed E-state index contributed by atoms with van der Waals surface area (Å²) in [4.78, 5) is 0.363. The average Bonchev–Trinajstić information content (AvgIpc) is 3.00. The quantitative estimate of drug-likeness (QED) is 0.764. The Labute approximate surface area is 140 Å². The Morgan fingerprint density at radius 1 is 1.26 bits per heavy atom. The number of sulfonamides is 1. The minimum Gasteiger partial charge on any atom is -0.472 e. The number of hydrogen-bond donors (Lipinski definition) is 0. The lowest BCUT2D eigenvalue weighted by Gasteiger charge is -2.26. The van der Waals surface area contributed by atoms with Crippen LogP contribution >= 0.6 is 0 Å². The first-order valence-electron chi connectivity index (χ1n) is 7.86. The van der Waals surface area contributed by atoms with Crippen molar-refractivity contribution in [2.24, 2.45) is 0 Å². The molecule has 0 saturated carbocycles. The summed E-state index contributed by atoms with van der Waals surface area (Å²) in [6.45, 7) is 10.6. The van der Waals surface area contributed by atoms with Crippen LogP contribution in [-0.4, -0.2) is 25.8 Å². The zero-order valence-corrected chi connectivity index (χ0v) is 15.1. The molecule has 1 aliphatic heterocycles. The zero-order valence-electron chi connectivity index (χ0n) is 14.3. The van der Waals surface area contributed by atoms with Gasteiger partial charge in [0.05, 0.1) is 17.4 Å². The van der Waals surface area contributed by atoms with E-state index in [1.54, 1.807) is 42.0 Å². The minimum absolute atomic E-state index is 0.363. The maximum atomic E-state index is 12.3. The highest BCUT2D eigenvalue weighted by molar-refractivity contribution is 7.93. The fraction of sp³-hybridized carbons (Fsp3) is 0.444. The number of allylic oxidation sites excluding steroid dienone is 4. The highest BCUT2D eigenvalue weighted by atomic mass is 32.2. The molecule has 0 radical (unpaired) electrons. The molecule has 0 atom stereocenters. The molecule has 1 saturated heterocycles. The van der Waals surface area contributed by atoms with Gasteiger partial charge >= 0.3 is 0 Å². The number of furan rings is 1. The van der Waals surface area contributed by atoms with E-state index in [0.717, 1.165) is 24.8 Å². The van der Waals surface area contributed by atoms with Gasteiger partial charge in [-0.15, -0.1) is 0 Å². The normalized spacial score (nSPS) is 16.9. The van der Waals surface area contributed by atoms with Crippen LogP contribution in [0.5, 0.6) is 0 Å². The van der Waals surface area contributed by atoms with Gasteiger partial charge < -0.3 is 4.42 Å². The van der Waals surface area contributed by atoms with E-state index in [4.69, 9.17) is 4.42 Å². The van der Waals surface area contributed by atoms with Crippen LogP contribution in [0.4, 0.5) is 0 Å². The molecule has 2 heterocycles. The lowest BCUT2D eigenvalue weighted by atomic mass is 10.2. The van der Waals surface area contributed by atoms with E-state index in [1.165, 1.54) is 5.56 Å². The van der Waals surface area contributed by atoms with E-state index in [9.17, 15) is 8.42 Å². The second kappa shape index (κ2) is 9.53. The summed E-state index contributed by atoms with van der Waals surface area (Å²) in [6, 6.07) is 1.92. The first-order valence-corrected chi connectivity index (χ1v) is 9.30. The maximum absolute atomic E-state index is 12.3. The SMILES string of the molecule is C=C(C)/C=C\C(=C/C)S(=O)(=O)N1CCCCC1.Cc1ccoc1. The van der Waals surface area contributed by atoms with Crippen LogP contribution in [0, 0.1) is 6.92 Å². The van der Waals surface area contributed by atoms with Crippen LogP contribution in [0.1, 0.15) is 38.7 Å². The average molecular weight is 337 g/mol. The van der Waals surface area contributed by atoms with E-state index in [2.05, 4.69) is 6.58 Å². The van der Waals surface area contributed by atoms with Gasteiger partial charge in [0.15, 0.2) is 0 Å². The van der Waals surface area contributed by atoms with Crippen molar-refractivity contribution in [1.82, 2.24) is 4.31 Å². The van der Waals surface area contributed by atoms with Gasteiger partial charge in [0, 0.05) is 13.1 Å². The summed E-state index contributed by atoms with van der Waals surface area (Å²) in [5, 5.41) is 0. The number of hydrogen-bond acceptors (Lipinski definition) is 3. The van der Waals surface area contributed by atoms with Crippen molar-refractivity contribution in [2.75, 3.05) is 13.1 Å². The predicted molar refractivity (Wildman–Crippen MR) is 95.5 cm³/mol. The molecule has 2 rings (SSSR count). The molecule has 0 aliphatic carbocycles. The lowest BCUT2D eigenvalue weighted by molar-refractivity contribution is 0.350. The molecule has 0 amide bonds. The number of nitrogens with zero attached hydrogens (tertiary/aromatic N) is 1. The molecule has 0 aromatic carbocycles. The molecule has 0 spiro atoms. The summed E-state index contributed by atoms with van der Waals surface area (Å²) in [6.07, 6.45) is 11.4. The standard InChI is InChI=1S/C13H21NO2S.C5H6O/c1-4-13(9-8-12(2)3)17(15,16)14-10-6-5-7-11-14;1-5-2-3-6-4-5/h4,8-9H,2,5-7,10-11H2,1,3H3;2-4H,1H3/b9-8-,13-4+;. The minimum atomic E-state index is -3.30. The largest absolute Gasteiger partial charge is 0.472 e. The maximum Gasteiger partial charge on any atom is 0.242 e. The number of aryl methyl sites for hydroxylation is 1. The molecule has 1 aliphatic rings. The van der Waals surface area contributed by atoms with Crippen molar-refractivity contribution in [3.8, 4) is 0 Å². The Balaban J connectivity index is 0.000000366. The van der Waals surface area contributed by atoms with Gasteiger partial charge in [-0.3, -0.25) is 0 Å². The summed E-state index contributed by atoms with van der Waals surface area (Å²) in [5.74, 6) is 0. The molecule has 0 bridgehead atoms. The van der Waals surface area contributed by atoms with Crippen molar-refractivity contribution in [3.63, 3.8) is 0 Å². The van der Waals surface area contributed by atoms with Crippen LogP contribution in [0.15, 0.2) is 58.3 Å². The topological polar surface area (TPSA) is 50.5 Å². The van der Waals surface area contributed by atoms with Crippen molar-refractivity contribution < 1.29 is 12.8 Å². The van der Waals surface area contributed by atoms with Gasteiger partial charge in [-0.2, -0.15) is 4.31 Å². The van der Waals surface area contributed by atoms with Gasteiger partial charge in [-0.1, -0.05) is 30.7 Å². The Bertz CT molecular complexity index is 634. The van der Waals surface area contributed by atoms with E-state index >= 15 is 0 Å². The smallest absolute Gasteiger partial charge is 0.242 e. The fourth-order valence-electron chi connectivity index (χ4n) is 2.14. The first-order chi connectivity index (χ1) is 10.9. The predicted octanol–water partition coefficient (Wildman–Crippen LogP) is 4.43. The molecule has 23 heavy (non-hydrogen) atoms. The Morgan fingerprint density at radius 3 is 2.30 bits per heavy atom. The van der Waals surface area contributed by atoms with E-state index in [1.807, 2.05) is 19.9 Å². The highest BCUT2D eigenvalue weighted by Crippen LogP contribution is 2.20. The van der Waals surface area contributed by atoms with Crippen LogP contribution in [-0.2, 0) is 10.0 Å². The van der Waals surface area contributed by atoms with Gasteiger partial charge in [-0.25, -0.2) is 8.42 Å². The molecule has 4 nitrogen and oxygen atoms in total. The van der Waals surface area contributed by atoms with Crippen molar-refractivity contribution in [3.05, 3.63) is 59.4 Å². The van der Waals surface area contributed by atoms with Gasteiger partial charge in [0.2, 0.25) is 10.0 Å². The van der Waals surface area contributed by atoms with E-state index < -0.39 is 10.0 Å². The molecule has 0 unspecified atom stereocenters. The zero-order chi connectivity index (χ0) is 17.3. The van der Waals surface area contributed by atoms with Gasteiger partial charge in [0.25, 0.3) is 0 Å². The van der Waals surface area contributed by atoms with Crippen LogP contribution in [0.3, 0.4) is 0 Å². The van der Waals surface area contributed by atoms with Crippen molar-refractivity contribution in [1.29, 1.82) is 0 Å². The highest BCUT2D eigenvalue weighted by Gasteiger charge is 2.25. The second-order valence-electron chi connectivity index (χ2n) is 5.64. The first kappa shape index (κ1) is 19.5. The summed E-state index contributed by atoms with van der Waals surface area (Å²) < 4.78 is 30.9. The number of rotatable bonds is 4. The molecule has 5 heteroatoms. The van der Waals surface area contributed by atoms with Crippen LogP contribution in [0.25, 0.3) is 0 Å². The Kier molecular flexibility index (Phi) is 8.06. The van der Waals surface area contributed by atoms with Gasteiger partial charge in [0.1, 0.15) is 0 Å². The second-order valence-corrected chi connectivity index (χ2v) is 7.57. The summed E-state index contributed by atoms with van der Waals surface area (Å²) in [5.41, 5.74) is 2.02. The van der Waals surface area contributed by atoms with E-state index in [0.29, 0.717) is 18.0 Å². The summed E-state index contributed by atoms with van der Waals surface area (Å²) in [7, 11) is -3.30. The van der Waals surface area contributed by atoms with E-state index in [-0.39, 0.29) is 0 Å². The molecule has 1 aromatic rings. The van der Waals surface area contributed by atoms with Gasteiger partial charge in [-0.05, 0) is 51.3 Å². The molecular weight excluding hydrogens is 310 g/mol. The fourth-order valence-corrected chi connectivity index (χ4v) is 3.72. The Morgan fingerprint density at radius 2 is 1.91 bits per heavy atom. The van der Waals surface area contributed by atoms with Crippen LogP contribution in [0.2, 0.25) is 0 Å². The summed E-state index contributed by atoms with van der Waals surface area (Å²) >= 11 is 0. The lowest BCUT2D eigenvalue weighted by Crippen LogP contribution is -2.36. The monoisotopic (exact) mass is 337 g/mol.